The van der Waals surface area contributed by atoms with Gasteiger partial charge in [0.15, 0.2) is 11.5 Å². The van der Waals surface area contributed by atoms with Gasteiger partial charge in [-0.15, -0.1) is 12.4 Å². The van der Waals surface area contributed by atoms with Crippen molar-refractivity contribution in [1.82, 2.24) is 10.2 Å². The Hall–Kier alpha value is -1.46. The Morgan fingerprint density at radius 1 is 1.39 bits per heavy atom. The van der Waals surface area contributed by atoms with Crippen molar-refractivity contribution in [3.05, 3.63) is 23.8 Å². The monoisotopic (exact) mass is 342 g/mol. The Kier molecular flexibility index (Phi) is 7.65. The molecule has 1 saturated heterocycles. The minimum absolute atomic E-state index is 0. The van der Waals surface area contributed by atoms with Crippen molar-refractivity contribution in [1.29, 1.82) is 0 Å². The zero-order valence-corrected chi connectivity index (χ0v) is 15.1. The van der Waals surface area contributed by atoms with Crippen LogP contribution >= 0.6 is 12.4 Å². The van der Waals surface area contributed by atoms with Crippen LogP contribution in [0.3, 0.4) is 0 Å². The molecule has 1 unspecified atom stereocenters. The molecule has 1 aromatic rings. The van der Waals surface area contributed by atoms with E-state index in [-0.39, 0.29) is 24.4 Å². The highest BCUT2D eigenvalue weighted by Crippen LogP contribution is 2.29. The summed E-state index contributed by atoms with van der Waals surface area (Å²) in [6.45, 7) is 6.63. The first-order valence-corrected chi connectivity index (χ1v) is 7.81. The van der Waals surface area contributed by atoms with Crippen molar-refractivity contribution in [3.8, 4) is 11.5 Å². The van der Waals surface area contributed by atoms with E-state index < -0.39 is 0 Å². The Balaban J connectivity index is 0.00000264. The van der Waals surface area contributed by atoms with Crippen LogP contribution in [-0.4, -0.2) is 50.7 Å². The van der Waals surface area contributed by atoms with E-state index in [9.17, 15) is 4.79 Å². The molecule has 2 rings (SSSR count). The molecule has 130 valence electrons. The third-order valence-electron chi connectivity index (χ3n) is 3.89. The van der Waals surface area contributed by atoms with Gasteiger partial charge in [-0.2, -0.15) is 0 Å². The average molecular weight is 343 g/mol. The van der Waals surface area contributed by atoms with Gasteiger partial charge in [0.05, 0.1) is 13.7 Å². The zero-order valence-electron chi connectivity index (χ0n) is 14.3. The molecule has 0 aromatic heterocycles. The van der Waals surface area contributed by atoms with Gasteiger partial charge < -0.3 is 19.7 Å². The fourth-order valence-electron chi connectivity index (χ4n) is 2.52. The maximum Gasteiger partial charge on any atom is 0.254 e. The summed E-state index contributed by atoms with van der Waals surface area (Å²) in [5.41, 5.74) is 0.628. The number of benzene rings is 1. The van der Waals surface area contributed by atoms with Crippen LogP contribution in [0, 0.1) is 5.92 Å². The summed E-state index contributed by atoms with van der Waals surface area (Å²) in [6, 6.07) is 5.64. The summed E-state index contributed by atoms with van der Waals surface area (Å²) in [7, 11) is 3.45. The van der Waals surface area contributed by atoms with Crippen LogP contribution in [0.25, 0.3) is 0 Å². The quantitative estimate of drug-likeness (QED) is 0.863. The molecule has 0 bridgehead atoms. The second-order valence-corrected chi connectivity index (χ2v) is 6.13. The topological polar surface area (TPSA) is 50.8 Å². The third kappa shape index (κ3) is 5.01. The second-order valence-electron chi connectivity index (χ2n) is 6.13. The zero-order chi connectivity index (χ0) is 16.1. The van der Waals surface area contributed by atoms with E-state index in [1.807, 2.05) is 18.0 Å². The van der Waals surface area contributed by atoms with Gasteiger partial charge in [-0.3, -0.25) is 4.79 Å². The number of nitrogens with zero attached hydrogens (tertiary/aromatic N) is 1. The number of carbonyl (C=O) groups excluding carboxylic acids is 1. The molecule has 1 amide bonds. The lowest BCUT2D eigenvalue weighted by molar-refractivity contribution is 0.0743. The highest BCUT2D eigenvalue weighted by atomic mass is 35.5. The van der Waals surface area contributed by atoms with Gasteiger partial charge in [-0.25, -0.2) is 0 Å². The lowest BCUT2D eigenvalue weighted by Gasteiger charge is -2.24. The van der Waals surface area contributed by atoms with E-state index in [0.717, 1.165) is 19.5 Å². The van der Waals surface area contributed by atoms with Crippen LogP contribution in [0.15, 0.2) is 18.2 Å². The van der Waals surface area contributed by atoms with Crippen LogP contribution in [0.5, 0.6) is 11.5 Å². The maximum absolute atomic E-state index is 12.6. The van der Waals surface area contributed by atoms with Gasteiger partial charge in [0.1, 0.15) is 0 Å². The van der Waals surface area contributed by atoms with Gasteiger partial charge in [0, 0.05) is 25.2 Å². The van der Waals surface area contributed by atoms with Crippen LogP contribution in [0.4, 0.5) is 0 Å². The van der Waals surface area contributed by atoms with E-state index in [1.54, 1.807) is 19.2 Å². The largest absolute Gasteiger partial charge is 0.493 e. The fraction of sp³-hybridized carbons (Fsp3) is 0.588. The standard InChI is InChI=1S/C17H26N2O3.ClH/c1-12(2)11-22-15-6-5-13(9-16(15)21-4)17(20)19(3)14-7-8-18-10-14;/h5-6,9,12,14,18H,7-8,10-11H2,1-4H3;1H. The van der Waals surface area contributed by atoms with Gasteiger partial charge in [0.2, 0.25) is 0 Å². The number of rotatable bonds is 6. The molecule has 5 nitrogen and oxygen atoms in total. The van der Waals surface area contributed by atoms with E-state index in [4.69, 9.17) is 9.47 Å². The number of likely N-dealkylation sites (N-methyl/N-ethyl adjacent to an activating group) is 1. The SMILES string of the molecule is COc1cc(C(=O)N(C)C2CCNC2)ccc1OCC(C)C.Cl. The molecule has 1 N–H and O–H groups in total. The number of methoxy groups -OCH3 is 1. The van der Waals surface area contributed by atoms with Crippen molar-refractivity contribution in [2.24, 2.45) is 5.92 Å². The van der Waals surface area contributed by atoms with Gasteiger partial charge >= 0.3 is 0 Å². The highest BCUT2D eigenvalue weighted by Gasteiger charge is 2.24. The minimum Gasteiger partial charge on any atom is -0.493 e. The highest BCUT2D eigenvalue weighted by molar-refractivity contribution is 5.95. The van der Waals surface area contributed by atoms with Crippen LogP contribution in [0.1, 0.15) is 30.6 Å². The lowest BCUT2D eigenvalue weighted by atomic mass is 10.1. The fourth-order valence-corrected chi connectivity index (χ4v) is 2.52. The van der Waals surface area contributed by atoms with E-state index in [2.05, 4.69) is 19.2 Å². The summed E-state index contributed by atoms with van der Waals surface area (Å²) in [4.78, 5) is 14.4. The first-order chi connectivity index (χ1) is 10.5. The molecule has 0 aliphatic carbocycles. The number of carbonyl (C=O) groups is 1. The van der Waals surface area contributed by atoms with E-state index in [1.165, 1.54) is 0 Å². The average Bonchev–Trinajstić information content (AvgIpc) is 3.05. The predicted octanol–water partition coefficient (Wildman–Crippen LogP) is 2.59. The minimum atomic E-state index is 0. The molecule has 1 aliphatic heterocycles. The Bertz CT molecular complexity index is 517. The molecule has 1 aliphatic rings. The molecule has 1 fully saturated rings. The predicted molar refractivity (Wildman–Crippen MR) is 93.9 cm³/mol. The normalized spacial score (nSPS) is 16.8. The summed E-state index contributed by atoms with van der Waals surface area (Å²) in [6.07, 6.45) is 0.995. The Labute approximate surface area is 144 Å². The summed E-state index contributed by atoms with van der Waals surface area (Å²) < 4.78 is 11.1. The number of halogens is 1. The summed E-state index contributed by atoms with van der Waals surface area (Å²) in [5.74, 6) is 1.73. The van der Waals surface area contributed by atoms with Crippen molar-refractivity contribution in [3.63, 3.8) is 0 Å². The first-order valence-electron chi connectivity index (χ1n) is 7.81. The second kappa shape index (κ2) is 8.99. The van der Waals surface area contributed by atoms with Crippen molar-refractivity contribution in [2.45, 2.75) is 26.3 Å². The molecular weight excluding hydrogens is 316 g/mol. The molecule has 1 atom stereocenters. The summed E-state index contributed by atoms with van der Waals surface area (Å²) >= 11 is 0. The number of amides is 1. The van der Waals surface area contributed by atoms with Crippen molar-refractivity contribution >= 4 is 18.3 Å². The lowest BCUT2D eigenvalue weighted by Crippen LogP contribution is -2.38. The van der Waals surface area contributed by atoms with Crippen molar-refractivity contribution < 1.29 is 14.3 Å². The molecule has 0 radical (unpaired) electrons. The van der Waals surface area contributed by atoms with E-state index in [0.29, 0.717) is 29.6 Å². The first kappa shape index (κ1) is 19.6. The number of nitrogens with one attached hydrogen (secondary N) is 1. The van der Waals surface area contributed by atoms with E-state index >= 15 is 0 Å². The summed E-state index contributed by atoms with van der Waals surface area (Å²) in [5, 5.41) is 3.28. The number of ether oxygens (including phenoxy) is 2. The molecule has 0 saturated carbocycles. The van der Waals surface area contributed by atoms with Gasteiger partial charge in [0.25, 0.3) is 5.91 Å². The van der Waals surface area contributed by atoms with Crippen molar-refractivity contribution in [2.75, 3.05) is 33.9 Å². The smallest absolute Gasteiger partial charge is 0.254 e. The Morgan fingerprint density at radius 3 is 2.70 bits per heavy atom. The maximum atomic E-state index is 12.6. The third-order valence-corrected chi connectivity index (χ3v) is 3.89. The molecule has 0 spiro atoms. The molecule has 1 heterocycles. The number of hydrogen-bond donors (Lipinski definition) is 1. The molecule has 23 heavy (non-hydrogen) atoms. The number of hydrogen-bond acceptors (Lipinski definition) is 4. The molecule has 1 aromatic carbocycles. The Morgan fingerprint density at radius 2 is 2.13 bits per heavy atom. The van der Waals surface area contributed by atoms with Gasteiger partial charge in [-0.05, 0) is 37.1 Å². The molecular formula is C17H27ClN2O3. The van der Waals surface area contributed by atoms with Crippen LogP contribution in [-0.2, 0) is 0 Å². The van der Waals surface area contributed by atoms with Crippen LogP contribution < -0.4 is 14.8 Å². The van der Waals surface area contributed by atoms with Crippen LogP contribution in [0.2, 0.25) is 0 Å². The molecule has 6 heteroatoms. The van der Waals surface area contributed by atoms with Gasteiger partial charge in [-0.1, -0.05) is 13.8 Å².